The van der Waals surface area contributed by atoms with Gasteiger partial charge in [0.05, 0.1) is 12.5 Å². The van der Waals surface area contributed by atoms with Crippen molar-refractivity contribution in [2.75, 3.05) is 18.5 Å². The zero-order valence-electron chi connectivity index (χ0n) is 9.50. The van der Waals surface area contributed by atoms with Crippen molar-refractivity contribution in [2.45, 2.75) is 13.8 Å². The molecule has 0 aliphatic carbocycles. The SMILES string of the molecule is CCOC(=O)C(C)CNc1ccc(Br)cc1. The molecule has 0 saturated heterocycles. The molecule has 1 aromatic rings. The van der Waals surface area contributed by atoms with Gasteiger partial charge in [0.1, 0.15) is 0 Å². The maximum atomic E-state index is 11.3. The molecule has 0 amide bonds. The number of carbonyl (C=O) groups excluding carboxylic acids is 1. The lowest BCUT2D eigenvalue weighted by atomic mass is 10.2. The molecule has 1 N–H and O–H groups in total. The van der Waals surface area contributed by atoms with Gasteiger partial charge in [0.2, 0.25) is 0 Å². The van der Waals surface area contributed by atoms with Crippen molar-refractivity contribution in [2.24, 2.45) is 5.92 Å². The molecule has 16 heavy (non-hydrogen) atoms. The van der Waals surface area contributed by atoms with Gasteiger partial charge in [-0.15, -0.1) is 0 Å². The van der Waals surface area contributed by atoms with E-state index >= 15 is 0 Å². The van der Waals surface area contributed by atoms with E-state index in [1.54, 1.807) is 0 Å². The van der Waals surface area contributed by atoms with E-state index in [1.165, 1.54) is 0 Å². The Morgan fingerprint density at radius 1 is 1.44 bits per heavy atom. The van der Waals surface area contributed by atoms with E-state index < -0.39 is 0 Å². The summed E-state index contributed by atoms with van der Waals surface area (Å²) in [7, 11) is 0. The van der Waals surface area contributed by atoms with Crippen LogP contribution >= 0.6 is 15.9 Å². The molecule has 0 bridgehead atoms. The summed E-state index contributed by atoms with van der Waals surface area (Å²) in [6.07, 6.45) is 0. The second-order valence-corrected chi connectivity index (χ2v) is 4.46. The lowest BCUT2D eigenvalue weighted by molar-refractivity contribution is -0.146. The van der Waals surface area contributed by atoms with E-state index in [1.807, 2.05) is 38.1 Å². The molecule has 3 nitrogen and oxygen atoms in total. The summed E-state index contributed by atoms with van der Waals surface area (Å²) < 4.78 is 5.96. The first-order valence-electron chi connectivity index (χ1n) is 5.29. The summed E-state index contributed by atoms with van der Waals surface area (Å²) in [4.78, 5) is 11.3. The number of anilines is 1. The molecule has 0 radical (unpaired) electrons. The number of benzene rings is 1. The number of hydrogen-bond donors (Lipinski definition) is 1. The Balaban J connectivity index is 2.39. The Bertz CT molecular complexity index is 337. The van der Waals surface area contributed by atoms with Gasteiger partial charge in [0.15, 0.2) is 0 Å². The van der Waals surface area contributed by atoms with Crippen LogP contribution in [-0.2, 0) is 9.53 Å². The number of rotatable bonds is 5. The van der Waals surface area contributed by atoms with Gasteiger partial charge in [0.25, 0.3) is 0 Å². The summed E-state index contributed by atoms with van der Waals surface area (Å²) in [5.74, 6) is -0.296. The fourth-order valence-corrected chi connectivity index (χ4v) is 1.47. The van der Waals surface area contributed by atoms with Crippen molar-refractivity contribution in [3.8, 4) is 0 Å². The van der Waals surface area contributed by atoms with Crippen molar-refractivity contribution in [3.05, 3.63) is 28.7 Å². The van der Waals surface area contributed by atoms with E-state index in [0.717, 1.165) is 10.2 Å². The molecule has 88 valence electrons. The van der Waals surface area contributed by atoms with Gasteiger partial charge in [-0.2, -0.15) is 0 Å². The number of carbonyl (C=O) groups is 1. The highest BCUT2D eigenvalue weighted by atomic mass is 79.9. The Morgan fingerprint density at radius 3 is 2.62 bits per heavy atom. The van der Waals surface area contributed by atoms with E-state index in [0.29, 0.717) is 13.2 Å². The Morgan fingerprint density at radius 2 is 2.06 bits per heavy atom. The first-order valence-corrected chi connectivity index (χ1v) is 6.09. The maximum Gasteiger partial charge on any atom is 0.310 e. The number of nitrogens with one attached hydrogen (secondary N) is 1. The van der Waals surface area contributed by atoms with Crippen LogP contribution in [0.25, 0.3) is 0 Å². The lowest BCUT2D eigenvalue weighted by Gasteiger charge is -2.12. The third kappa shape index (κ3) is 4.23. The van der Waals surface area contributed by atoms with Crippen molar-refractivity contribution < 1.29 is 9.53 Å². The van der Waals surface area contributed by atoms with Crippen LogP contribution in [0, 0.1) is 5.92 Å². The van der Waals surface area contributed by atoms with Crippen molar-refractivity contribution >= 4 is 27.6 Å². The van der Waals surface area contributed by atoms with Gasteiger partial charge in [-0.3, -0.25) is 4.79 Å². The second kappa shape index (κ2) is 6.53. The maximum absolute atomic E-state index is 11.3. The minimum absolute atomic E-state index is 0.136. The molecule has 1 unspecified atom stereocenters. The Kier molecular flexibility index (Phi) is 5.32. The van der Waals surface area contributed by atoms with Gasteiger partial charge in [-0.05, 0) is 31.2 Å². The first-order chi connectivity index (χ1) is 7.63. The van der Waals surface area contributed by atoms with Crippen LogP contribution < -0.4 is 5.32 Å². The van der Waals surface area contributed by atoms with E-state index in [9.17, 15) is 4.79 Å². The lowest BCUT2D eigenvalue weighted by Crippen LogP contribution is -2.22. The molecule has 0 fully saturated rings. The minimum Gasteiger partial charge on any atom is -0.466 e. The largest absolute Gasteiger partial charge is 0.466 e. The van der Waals surface area contributed by atoms with E-state index in [2.05, 4.69) is 21.2 Å². The zero-order valence-corrected chi connectivity index (χ0v) is 11.1. The highest BCUT2D eigenvalue weighted by Crippen LogP contribution is 2.14. The molecule has 1 rings (SSSR count). The average molecular weight is 286 g/mol. The smallest absolute Gasteiger partial charge is 0.310 e. The summed E-state index contributed by atoms with van der Waals surface area (Å²) in [6, 6.07) is 7.83. The van der Waals surface area contributed by atoms with Crippen LogP contribution in [0.5, 0.6) is 0 Å². The van der Waals surface area contributed by atoms with Crippen LogP contribution in [-0.4, -0.2) is 19.1 Å². The monoisotopic (exact) mass is 285 g/mol. The normalized spacial score (nSPS) is 11.9. The number of esters is 1. The van der Waals surface area contributed by atoms with Gasteiger partial charge in [0, 0.05) is 16.7 Å². The van der Waals surface area contributed by atoms with E-state index in [4.69, 9.17) is 4.74 Å². The molecular weight excluding hydrogens is 270 g/mol. The fraction of sp³-hybridized carbons (Fsp3) is 0.417. The summed E-state index contributed by atoms with van der Waals surface area (Å²) in [6.45, 7) is 4.68. The molecular formula is C12H16BrNO2. The summed E-state index contributed by atoms with van der Waals surface area (Å²) in [5, 5.41) is 3.19. The molecule has 0 aliphatic rings. The molecule has 1 aromatic carbocycles. The van der Waals surface area contributed by atoms with Crippen molar-refractivity contribution in [1.29, 1.82) is 0 Å². The Labute approximate surface area is 104 Å². The highest BCUT2D eigenvalue weighted by Gasteiger charge is 2.12. The molecule has 0 saturated carbocycles. The third-order valence-corrected chi connectivity index (χ3v) is 2.67. The molecule has 0 heterocycles. The third-order valence-electron chi connectivity index (χ3n) is 2.15. The number of hydrogen-bond acceptors (Lipinski definition) is 3. The predicted octanol–water partition coefficient (Wildman–Crippen LogP) is 3.06. The van der Waals surface area contributed by atoms with Gasteiger partial charge < -0.3 is 10.1 Å². The summed E-state index contributed by atoms with van der Waals surface area (Å²) in [5.41, 5.74) is 0.999. The standard InChI is InChI=1S/C12H16BrNO2/c1-3-16-12(15)9(2)8-14-11-6-4-10(13)5-7-11/h4-7,9,14H,3,8H2,1-2H3. The van der Waals surface area contributed by atoms with Crippen LogP contribution in [0.15, 0.2) is 28.7 Å². The summed E-state index contributed by atoms with van der Waals surface area (Å²) >= 11 is 3.37. The molecule has 0 spiro atoms. The van der Waals surface area contributed by atoms with Crippen molar-refractivity contribution in [3.63, 3.8) is 0 Å². The topological polar surface area (TPSA) is 38.3 Å². The van der Waals surface area contributed by atoms with Crippen LogP contribution in [0.3, 0.4) is 0 Å². The predicted molar refractivity (Wildman–Crippen MR) is 68.4 cm³/mol. The second-order valence-electron chi connectivity index (χ2n) is 3.54. The van der Waals surface area contributed by atoms with Crippen LogP contribution in [0.4, 0.5) is 5.69 Å². The number of halogens is 1. The number of ether oxygens (including phenoxy) is 1. The minimum atomic E-state index is -0.160. The van der Waals surface area contributed by atoms with Gasteiger partial charge >= 0.3 is 5.97 Å². The Hall–Kier alpha value is -1.03. The van der Waals surface area contributed by atoms with Gasteiger partial charge in [-0.1, -0.05) is 22.9 Å². The van der Waals surface area contributed by atoms with E-state index in [-0.39, 0.29) is 11.9 Å². The van der Waals surface area contributed by atoms with Crippen molar-refractivity contribution in [1.82, 2.24) is 0 Å². The molecule has 0 aromatic heterocycles. The zero-order chi connectivity index (χ0) is 12.0. The van der Waals surface area contributed by atoms with Crippen LogP contribution in [0.2, 0.25) is 0 Å². The highest BCUT2D eigenvalue weighted by molar-refractivity contribution is 9.10. The van der Waals surface area contributed by atoms with Gasteiger partial charge in [-0.25, -0.2) is 0 Å². The molecule has 1 atom stereocenters. The molecule has 4 heteroatoms. The quantitative estimate of drug-likeness (QED) is 0.845. The fourth-order valence-electron chi connectivity index (χ4n) is 1.21. The first kappa shape index (κ1) is 13.0. The van der Waals surface area contributed by atoms with Crippen LogP contribution in [0.1, 0.15) is 13.8 Å². The average Bonchev–Trinajstić information content (AvgIpc) is 2.28. The molecule has 0 aliphatic heterocycles.